The topological polar surface area (TPSA) is 60.2 Å². The maximum atomic E-state index is 9.57. The molecule has 2 N–H and O–H groups in total. The van der Waals surface area contributed by atoms with E-state index < -0.39 is 7.12 Å². The van der Waals surface area contributed by atoms with Crippen LogP contribution in [0.2, 0.25) is 0 Å². The number of hydrogen-bond acceptors (Lipinski definition) is 4. The second kappa shape index (κ2) is 27.5. The molecular formula is C104H66BBrN4O2S2. The monoisotopic (exact) mass is 1560 g/mol. The van der Waals surface area contributed by atoms with Gasteiger partial charge in [0.05, 0.1) is 53.5 Å². The van der Waals surface area contributed by atoms with Crippen LogP contribution in [0.4, 0.5) is 0 Å². The maximum Gasteiger partial charge on any atom is 0.488 e. The molecular weight excluding hydrogens is 1490 g/mol. The van der Waals surface area contributed by atoms with Crippen molar-refractivity contribution in [3.63, 3.8) is 0 Å². The highest BCUT2D eigenvalue weighted by Crippen LogP contribution is 2.50. The van der Waals surface area contributed by atoms with Gasteiger partial charge in [0.15, 0.2) is 0 Å². The van der Waals surface area contributed by atoms with Gasteiger partial charge in [-0.3, -0.25) is 0 Å². The minimum atomic E-state index is -1.48. The summed E-state index contributed by atoms with van der Waals surface area (Å²) in [5, 5.41) is 39.1. The van der Waals surface area contributed by atoms with E-state index in [0.717, 1.165) is 37.7 Å². The number of rotatable bonds is 8. The van der Waals surface area contributed by atoms with Crippen LogP contribution in [0.15, 0.2) is 393 Å². The van der Waals surface area contributed by atoms with Crippen molar-refractivity contribution >= 4 is 200 Å². The summed E-state index contributed by atoms with van der Waals surface area (Å²) in [6, 6.07) is 139. The molecule has 0 bridgehead atoms. The first-order valence-corrected chi connectivity index (χ1v) is 40.9. The molecule has 536 valence electrons. The standard InChI is InChI=1S/C52H32N2S.C28H16BrNS.C24H18BNO2/c1-2-12-33(13-3-1)35-22-26-38(27-23-35)53-46-19-9-6-16-40(46)44-31-37(25-29-48(44)53)43-32-45-41-17-7-10-20-47(41)54(39-28-24-34-14-4-5-15-36(34)30-39)51(45)52-50(43)42-18-8-11-21-49(42)55-52;29-23-16-22-20-9-3-5-11-24(20)30(19-14-13-17-7-1-2-8-18(17)15-19)27(22)28-26(23)21-10-4-6-12-25(21)31-28;27-25(28)19-12-15-24-22(16-19)21-8-4-5-9-23(21)26(24)20-13-10-18(11-14-20)17-6-2-1-3-7-17/h1-32H;1-16H;1-16,27-28H. The molecule has 6 aromatic heterocycles. The molecule has 0 saturated carbocycles. The number of nitrogens with zero attached hydrogens (tertiary/aromatic N) is 4. The van der Waals surface area contributed by atoms with Crippen LogP contribution in [-0.2, 0) is 0 Å². The molecule has 0 aliphatic carbocycles. The lowest BCUT2D eigenvalue weighted by molar-refractivity contribution is 0.426. The zero-order valence-electron chi connectivity index (χ0n) is 61.4. The van der Waals surface area contributed by atoms with Gasteiger partial charge in [0, 0.05) is 101 Å². The van der Waals surface area contributed by atoms with Gasteiger partial charge in [-0.1, -0.05) is 289 Å². The van der Waals surface area contributed by atoms with Crippen molar-refractivity contribution < 1.29 is 10.0 Å². The van der Waals surface area contributed by atoms with Crippen molar-refractivity contribution in [2.75, 3.05) is 0 Å². The number of fused-ring (bicyclic) bond motifs is 22. The van der Waals surface area contributed by atoms with E-state index in [4.69, 9.17) is 0 Å². The van der Waals surface area contributed by atoms with Crippen LogP contribution in [0.1, 0.15) is 0 Å². The Kier molecular flexibility index (Phi) is 16.3. The zero-order valence-corrected chi connectivity index (χ0v) is 64.6. The molecule has 0 unspecified atom stereocenters. The molecule has 18 aromatic carbocycles. The van der Waals surface area contributed by atoms with E-state index >= 15 is 0 Å². The summed E-state index contributed by atoms with van der Waals surface area (Å²) < 4.78 is 16.0. The van der Waals surface area contributed by atoms with E-state index in [-0.39, 0.29) is 0 Å². The number of para-hydroxylation sites is 4. The van der Waals surface area contributed by atoms with Crippen molar-refractivity contribution in [3.8, 4) is 56.1 Å². The van der Waals surface area contributed by atoms with E-state index in [1.807, 2.05) is 65.1 Å². The number of benzene rings is 18. The van der Waals surface area contributed by atoms with Gasteiger partial charge in [-0.2, -0.15) is 0 Å². The molecule has 0 aliphatic rings. The molecule has 0 spiro atoms. The van der Waals surface area contributed by atoms with Gasteiger partial charge in [-0.25, -0.2) is 0 Å². The lowest BCUT2D eigenvalue weighted by atomic mass is 9.80. The smallest absolute Gasteiger partial charge is 0.423 e. The Hall–Kier alpha value is -13.4. The molecule has 0 atom stereocenters. The lowest BCUT2D eigenvalue weighted by Crippen LogP contribution is -2.29. The maximum absolute atomic E-state index is 9.57. The average Bonchev–Trinajstić information content (AvgIpc) is 1.55. The number of halogens is 1. The van der Waals surface area contributed by atoms with Gasteiger partial charge >= 0.3 is 7.12 Å². The van der Waals surface area contributed by atoms with Gasteiger partial charge < -0.3 is 28.3 Å². The molecule has 114 heavy (non-hydrogen) atoms. The van der Waals surface area contributed by atoms with Crippen LogP contribution >= 0.6 is 38.6 Å². The van der Waals surface area contributed by atoms with E-state index in [9.17, 15) is 10.0 Å². The second-order valence-electron chi connectivity index (χ2n) is 29.4. The fourth-order valence-corrected chi connectivity index (χ4v) is 21.0. The van der Waals surface area contributed by atoms with Gasteiger partial charge in [-0.05, 0) is 176 Å². The molecule has 0 fully saturated rings. The van der Waals surface area contributed by atoms with Crippen molar-refractivity contribution in [2.45, 2.75) is 0 Å². The van der Waals surface area contributed by atoms with Crippen molar-refractivity contribution in [1.29, 1.82) is 0 Å². The number of aromatic nitrogens is 4. The summed E-state index contributed by atoms with van der Waals surface area (Å²) in [5.74, 6) is 0. The number of hydrogen-bond donors (Lipinski definition) is 2. The highest BCUT2D eigenvalue weighted by molar-refractivity contribution is 9.10. The molecule has 0 amide bonds. The third-order valence-electron chi connectivity index (χ3n) is 22.9. The van der Waals surface area contributed by atoms with E-state index in [1.54, 1.807) is 6.07 Å². The Labute approximate surface area is 672 Å². The molecule has 24 aromatic rings. The first-order chi connectivity index (χ1) is 56.3. The molecule has 24 rings (SSSR count). The van der Waals surface area contributed by atoms with E-state index in [0.29, 0.717) is 5.46 Å². The fraction of sp³-hybridized carbons (Fsp3) is 0. The van der Waals surface area contributed by atoms with Crippen LogP contribution in [0.5, 0.6) is 0 Å². The SMILES string of the molecule is Brc1cc2c3ccccc3n(-c3ccc4ccccc4c3)c2c2sc3ccccc3c12.OB(O)c1ccc2c(c1)c1ccccc1n2-c1ccc(-c2ccccc2)cc1.c1ccc(-c2ccc(-n3c4ccccc4c4cc(-c5cc6c7ccccc7n(-c7ccc8ccccc8c7)c6c6sc7ccccc7c56)ccc43)cc2)cc1. The first kappa shape index (κ1) is 67.5. The van der Waals surface area contributed by atoms with Crippen molar-refractivity contribution in [1.82, 2.24) is 18.3 Å². The van der Waals surface area contributed by atoms with Crippen LogP contribution in [0.25, 0.3) is 205 Å². The van der Waals surface area contributed by atoms with Crippen LogP contribution < -0.4 is 5.46 Å². The first-order valence-electron chi connectivity index (χ1n) is 38.4. The molecule has 6 nitrogen and oxygen atoms in total. The molecule has 10 heteroatoms. The van der Waals surface area contributed by atoms with Gasteiger partial charge in [0.25, 0.3) is 0 Å². The van der Waals surface area contributed by atoms with E-state index in [2.05, 4.69) is 374 Å². The highest BCUT2D eigenvalue weighted by Gasteiger charge is 2.25. The van der Waals surface area contributed by atoms with Gasteiger partial charge in [0.2, 0.25) is 0 Å². The third-order valence-corrected chi connectivity index (χ3v) is 25.9. The normalized spacial score (nSPS) is 11.8. The third kappa shape index (κ3) is 11.1. The lowest BCUT2D eigenvalue weighted by Gasteiger charge is -2.12. The predicted octanol–water partition coefficient (Wildman–Crippen LogP) is 27.9. The minimum absolute atomic E-state index is 0.495. The Morgan fingerprint density at radius 2 is 0.588 bits per heavy atom. The second-order valence-corrected chi connectivity index (χ2v) is 32.3. The largest absolute Gasteiger partial charge is 0.488 e. The minimum Gasteiger partial charge on any atom is -0.423 e. The van der Waals surface area contributed by atoms with Gasteiger partial charge in [0.1, 0.15) is 0 Å². The predicted molar refractivity (Wildman–Crippen MR) is 491 cm³/mol. The Balaban J connectivity index is 0.000000114. The Morgan fingerprint density at radius 1 is 0.237 bits per heavy atom. The van der Waals surface area contributed by atoms with Crippen molar-refractivity contribution in [2.24, 2.45) is 0 Å². The molecule has 6 heterocycles. The van der Waals surface area contributed by atoms with Crippen LogP contribution in [0, 0.1) is 0 Å². The summed E-state index contributed by atoms with van der Waals surface area (Å²) in [4.78, 5) is 0. The summed E-state index contributed by atoms with van der Waals surface area (Å²) in [7, 11) is -1.48. The summed E-state index contributed by atoms with van der Waals surface area (Å²) in [5.41, 5.74) is 22.0. The molecule has 0 aliphatic heterocycles. The molecule has 0 radical (unpaired) electrons. The average molecular weight is 1560 g/mol. The summed E-state index contributed by atoms with van der Waals surface area (Å²) in [6.07, 6.45) is 0. The summed E-state index contributed by atoms with van der Waals surface area (Å²) >= 11 is 7.69. The van der Waals surface area contributed by atoms with Crippen molar-refractivity contribution in [3.05, 3.63) is 393 Å². The Bertz CT molecular complexity index is 7970. The Morgan fingerprint density at radius 3 is 1.08 bits per heavy atom. The zero-order chi connectivity index (χ0) is 75.6. The fourth-order valence-electron chi connectivity index (χ4n) is 17.7. The van der Waals surface area contributed by atoms with Crippen LogP contribution in [0.3, 0.4) is 0 Å². The van der Waals surface area contributed by atoms with E-state index in [1.165, 1.54) is 172 Å². The van der Waals surface area contributed by atoms with Crippen LogP contribution in [-0.4, -0.2) is 35.4 Å². The highest BCUT2D eigenvalue weighted by atomic mass is 79.9. The summed E-state index contributed by atoms with van der Waals surface area (Å²) in [6.45, 7) is 0. The van der Waals surface area contributed by atoms with Gasteiger partial charge in [-0.15, -0.1) is 22.7 Å². The molecule has 0 saturated heterocycles. The number of thiophene rings is 2. The quantitative estimate of drug-likeness (QED) is 0.149.